The zero-order chi connectivity index (χ0) is 18.4. The molecule has 0 heterocycles. The molecule has 0 rings (SSSR count). The average molecular weight is 461 g/mol. The molecule has 0 aliphatic heterocycles. The van der Waals surface area contributed by atoms with Crippen LogP contribution in [0.15, 0.2) is 0 Å². The first-order chi connectivity index (χ1) is 9.31. The van der Waals surface area contributed by atoms with Crippen molar-refractivity contribution in [3.8, 4) is 0 Å². The average Bonchev–Trinajstić information content (AvgIpc) is 2.26. The van der Waals surface area contributed by atoms with Crippen LogP contribution in [-0.2, 0) is 0 Å². The van der Waals surface area contributed by atoms with E-state index in [0.29, 0.717) is 0 Å². The van der Waals surface area contributed by atoms with E-state index >= 15 is 0 Å². The monoisotopic (exact) mass is 458 g/mol. The van der Waals surface area contributed by atoms with Crippen LogP contribution in [0.4, 0.5) is 30.7 Å². The van der Waals surface area contributed by atoms with Crippen LogP contribution in [0.3, 0.4) is 0 Å². The van der Waals surface area contributed by atoms with Gasteiger partial charge in [-0.15, -0.1) is 0 Å². The van der Waals surface area contributed by atoms with Crippen LogP contribution >= 0.6 is 69.6 Å². The van der Waals surface area contributed by atoms with Gasteiger partial charge in [-0.1, -0.05) is 83.0 Å². The highest BCUT2D eigenvalue weighted by Gasteiger charge is 2.84. The third kappa shape index (κ3) is 3.45. The smallest absolute Gasteiger partial charge is 0.196 e. The van der Waals surface area contributed by atoms with Crippen LogP contribution in [0.1, 0.15) is 19.8 Å². The first-order valence-electron chi connectivity index (χ1n) is 5.27. The number of hydrogen-bond acceptors (Lipinski definition) is 0. The van der Waals surface area contributed by atoms with Crippen molar-refractivity contribution in [2.45, 2.75) is 50.8 Å². The van der Waals surface area contributed by atoms with Crippen LogP contribution in [0.25, 0.3) is 0 Å². The molecule has 0 aliphatic carbocycles. The van der Waals surface area contributed by atoms with Gasteiger partial charge in [0, 0.05) is 0 Å². The number of rotatable bonds is 6. The van der Waals surface area contributed by atoms with Crippen molar-refractivity contribution in [3.05, 3.63) is 0 Å². The maximum atomic E-state index is 13.7. The maximum Gasteiger partial charge on any atom is 0.459 e. The zero-order valence-corrected chi connectivity index (χ0v) is 14.9. The molecule has 0 saturated carbocycles. The Labute approximate surface area is 151 Å². The van der Waals surface area contributed by atoms with Gasteiger partial charge in [0.05, 0.1) is 0 Å². The van der Waals surface area contributed by atoms with Crippen LogP contribution in [0.2, 0.25) is 0 Å². The molecule has 0 saturated heterocycles. The molecule has 22 heavy (non-hydrogen) atoms. The molecular formula is C9H7Cl6F7. The van der Waals surface area contributed by atoms with E-state index in [-0.39, 0.29) is 6.42 Å². The molecule has 0 aromatic heterocycles. The Kier molecular flexibility index (Phi) is 6.89. The fraction of sp³-hybridized carbons (Fsp3) is 1.00. The topological polar surface area (TPSA) is 0 Å². The van der Waals surface area contributed by atoms with Gasteiger partial charge in [-0.2, -0.15) is 30.7 Å². The molecule has 0 amide bonds. The minimum absolute atomic E-state index is 0.0548. The molecule has 134 valence electrons. The summed E-state index contributed by atoms with van der Waals surface area (Å²) in [6.07, 6.45) is -7.10. The maximum absolute atomic E-state index is 13.7. The lowest BCUT2D eigenvalue weighted by molar-refractivity contribution is -0.357. The summed E-state index contributed by atoms with van der Waals surface area (Å²) in [4.78, 5) is 0. The normalized spacial score (nSPS) is 16.1. The van der Waals surface area contributed by atoms with Crippen molar-refractivity contribution in [3.63, 3.8) is 0 Å². The van der Waals surface area contributed by atoms with Gasteiger partial charge in [-0.3, -0.25) is 0 Å². The van der Waals surface area contributed by atoms with Gasteiger partial charge in [0.1, 0.15) is 0 Å². The number of halogens is 13. The summed E-state index contributed by atoms with van der Waals surface area (Å²) in [6.45, 7) is 1.43. The van der Waals surface area contributed by atoms with Crippen molar-refractivity contribution < 1.29 is 30.7 Å². The van der Waals surface area contributed by atoms with Gasteiger partial charge in [0.25, 0.3) is 0 Å². The van der Waals surface area contributed by atoms with Crippen molar-refractivity contribution in [2.24, 2.45) is 0 Å². The molecule has 0 aromatic rings. The minimum atomic E-state index is -6.68. The Morgan fingerprint density at radius 3 is 1.27 bits per heavy atom. The molecule has 0 N–H and O–H groups in total. The van der Waals surface area contributed by atoms with E-state index in [1.807, 2.05) is 0 Å². The van der Waals surface area contributed by atoms with Gasteiger partial charge in [-0.25, -0.2) is 0 Å². The molecule has 0 unspecified atom stereocenters. The van der Waals surface area contributed by atoms with Crippen molar-refractivity contribution in [2.75, 3.05) is 0 Å². The van der Waals surface area contributed by atoms with Crippen LogP contribution in [-0.4, -0.2) is 31.0 Å². The van der Waals surface area contributed by atoms with Gasteiger partial charge in [0.2, 0.25) is 4.33 Å². The highest BCUT2D eigenvalue weighted by molar-refractivity contribution is 6.70. The van der Waals surface area contributed by atoms with Crippen LogP contribution < -0.4 is 0 Å². The van der Waals surface area contributed by atoms with E-state index < -0.39 is 37.4 Å². The molecule has 13 heteroatoms. The third-order valence-electron chi connectivity index (χ3n) is 2.56. The Balaban J connectivity index is 6.11. The summed E-state index contributed by atoms with van der Waals surface area (Å²) >= 11 is 32.0. The Bertz CT molecular complexity index is 404. The van der Waals surface area contributed by atoms with Gasteiger partial charge in [-0.05, 0) is 6.42 Å². The Hall–Kier alpha value is 1.25. The fourth-order valence-electron chi connectivity index (χ4n) is 1.27. The summed E-state index contributed by atoms with van der Waals surface area (Å²) in [7, 11) is 0. The molecule has 0 bridgehead atoms. The van der Waals surface area contributed by atoms with Gasteiger partial charge < -0.3 is 0 Å². The van der Waals surface area contributed by atoms with E-state index in [9.17, 15) is 30.7 Å². The molecule has 0 aromatic carbocycles. The molecule has 0 radical (unpaired) electrons. The highest BCUT2D eigenvalue weighted by atomic mass is 35.5. The highest BCUT2D eigenvalue weighted by Crippen LogP contribution is 2.65. The summed E-state index contributed by atoms with van der Waals surface area (Å²) < 4.78 is 79.7. The van der Waals surface area contributed by atoms with Crippen molar-refractivity contribution >= 4 is 69.6 Å². The second-order valence-corrected chi connectivity index (χ2v) is 8.39. The summed E-state index contributed by atoms with van der Waals surface area (Å²) in [6, 6.07) is 0. The number of alkyl halides is 13. The first-order valence-corrected chi connectivity index (χ1v) is 7.54. The van der Waals surface area contributed by atoms with Crippen LogP contribution in [0, 0.1) is 0 Å². The zero-order valence-electron chi connectivity index (χ0n) is 10.3. The van der Waals surface area contributed by atoms with Gasteiger partial charge >= 0.3 is 18.0 Å². The van der Waals surface area contributed by atoms with Crippen molar-refractivity contribution in [1.82, 2.24) is 0 Å². The predicted octanol–water partition coefficient (Wildman–Crippen LogP) is 7.14. The largest absolute Gasteiger partial charge is 0.459 e. The molecule has 0 aliphatic rings. The second-order valence-electron chi connectivity index (χ2n) is 4.25. The van der Waals surface area contributed by atoms with E-state index in [4.69, 9.17) is 69.6 Å². The quantitative estimate of drug-likeness (QED) is 0.292. The molecule has 0 fully saturated rings. The lowest BCUT2D eigenvalue weighted by Crippen LogP contribution is -2.67. The van der Waals surface area contributed by atoms with E-state index in [1.54, 1.807) is 0 Å². The predicted molar refractivity (Wildman–Crippen MR) is 74.2 cm³/mol. The third-order valence-corrected chi connectivity index (χ3v) is 6.53. The standard InChI is InChI=1S/C9H7Cl6F7/c1-2-3-4(10,11)5(12,13)6(14,15)7(16,17)8(18,19)9(20,21)22/h2-3H2,1H3. The molecule has 0 spiro atoms. The first kappa shape index (κ1) is 23.2. The lowest BCUT2D eigenvalue weighted by Gasteiger charge is -2.46. The Morgan fingerprint density at radius 2 is 1.00 bits per heavy atom. The minimum Gasteiger partial charge on any atom is -0.196 e. The summed E-state index contributed by atoms with van der Waals surface area (Å²) in [5.41, 5.74) is 0. The summed E-state index contributed by atoms with van der Waals surface area (Å²) in [5, 5.41) is 0. The van der Waals surface area contributed by atoms with E-state index in [1.165, 1.54) is 6.92 Å². The van der Waals surface area contributed by atoms with E-state index in [2.05, 4.69) is 0 Å². The van der Waals surface area contributed by atoms with E-state index in [0.717, 1.165) is 0 Å². The molecule has 0 atom stereocenters. The SMILES string of the molecule is CCCC(Cl)(Cl)C(Cl)(Cl)C(Cl)(Cl)C(F)(F)C(F)(F)C(F)(F)F. The summed E-state index contributed by atoms with van der Waals surface area (Å²) in [5.74, 6) is -12.8. The van der Waals surface area contributed by atoms with Crippen molar-refractivity contribution in [1.29, 1.82) is 0 Å². The lowest BCUT2D eigenvalue weighted by atomic mass is 9.99. The number of hydrogen-bond donors (Lipinski definition) is 0. The Morgan fingerprint density at radius 1 is 0.636 bits per heavy atom. The second kappa shape index (κ2) is 6.52. The molecular weight excluding hydrogens is 454 g/mol. The van der Waals surface area contributed by atoms with Gasteiger partial charge in [0.15, 0.2) is 8.67 Å². The fourth-order valence-corrected chi connectivity index (χ4v) is 3.11. The van der Waals surface area contributed by atoms with Crippen LogP contribution in [0.5, 0.6) is 0 Å². The molecule has 0 nitrogen and oxygen atoms in total.